The molecule has 1 amide bonds. The molecule has 1 heterocycles. The van der Waals surface area contributed by atoms with Crippen LogP contribution in [0.5, 0.6) is 0 Å². The van der Waals surface area contributed by atoms with Crippen LogP contribution in [0, 0.1) is 22.7 Å². The molecule has 6 atom stereocenters. The van der Waals surface area contributed by atoms with Crippen molar-refractivity contribution in [2.45, 2.75) is 70.9 Å². The molecule has 0 aromatic rings. The zero-order valence-corrected chi connectivity index (χ0v) is 15.1. The summed E-state index contributed by atoms with van der Waals surface area (Å²) in [6.07, 6.45) is 8.71. The first-order valence-electron chi connectivity index (χ1n) is 9.46. The van der Waals surface area contributed by atoms with Gasteiger partial charge in [-0.2, -0.15) is 0 Å². The lowest BCUT2D eigenvalue weighted by Crippen LogP contribution is -2.56. The Bertz CT molecular complexity index is 612. The number of carbonyl (C=O) groups is 2. The van der Waals surface area contributed by atoms with Crippen molar-refractivity contribution in [3.05, 3.63) is 11.6 Å². The summed E-state index contributed by atoms with van der Waals surface area (Å²) < 4.78 is 5.58. The third-order valence-electron chi connectivity index (χ3n) is 7.91. The summed E-state index contributed by atoms with van der Waals surface area (Å²) in [5.41, 5.74) is 1.10. The number of hydrogen-bond acceptors (Lipinski definition) is 3. The molecule has 132 valence electrons. The maximum absolute atomic E-state index is 12.6. The minimum atomic E-state index is -0.223. The zero-order valence-electron chi connectivity index (χ0n) is 15.1. The topological polar surface area (TPSA) is 55.4 Å². The van der Waals surface area contributed by atoms with Gasteiger partial charge in [-0.15, -0.1) is 0 Å². The normalized spacial score (nSPS) is 47.9. The highest BCUT2D eigenvalue weighted by Gasteiger charge is 2.59. The largest absolute Gasteiger partial charge is 0.381 e. The third-order valence-corrected chi connectivity index (χ3v) is 7.91. The van der Waals surface area contributed by atoms with Gasteiger partial charge in [0.1, 0.15) is 5.78 Å². The monoisotopic (exact) mass is 331 g/mol. The fourth-order valence-electron chi connectivity index (χ4n) is 6.24. The van der Waals surface area contributed by atoms with Crippen LogP contribution in [0.2, 0.25) is 0 Å². The van der Waals surface area contributed by atoms with Gasteiger partial charge in [-0.05, 0) is 55.8 Å². The van der Waals surface area contributed by atoms with Gasteiger partial charge in [-0.1, -0.05) is 19.4 Å². The van der Waals surface area contributed by atoms with Gasteiger partial charge in [0.25, 0.3) is 0 Å². The molecule has 1 N–H and O–H groups in total. The highest BCUT2D eigenvalue weighted by molar-refractivity contribution is 5.90. The third kappa shape index (κ3) is 2.15. The summed E-state index contributed by atoms with van der Waals surface area (Å²) in [6, 6.07) is 0.139. The van der Waals surface area contributed by atoms with Crippen molar-refractivity contribution in [1.29, 1.82) is 0 Å². The molecule has 24 heavy (non-hydrogen) atoms. The number of ketones is 1. The molecule has 1 aliphatic heterocycles. The molecule has 3 fully saturated rings. The molecule has 3 saturated carbocycles. The van der Waals surface area contributed by atoms with Gasteiger partial charge in [-0.3, -0.25) is 9.59 Å². The highest BCUT2D eigenvalue weighted by atomic mass is 16.5. The van der Waals surface area contributed by atoms with E-state index in [9.17, 15) is 9.59 Å². The smallest absolute Gasteiger partial charge is 0.244 e. The first-order valence-corrected chi connectivity index (χ1v) is 9.46. The van der Waals surface area contributed by atoms with Gasteiger partial charge >= 0.3 is 0 Å². The Morgan fingerprint density at radius 1 is 1.08 bits per heavy atom. The number of ether oxygens (including phenoxy) is 1. The molecule has 4 unspecified atom stereocenters. The quantitative estimate of drug-likeness (QED) is 0.803. The lowest BCUT2D eigenvalue weighted by molar-refractivity contribution is -0.131. The van der Waals surface area contributed by atoms with Crippen molar-refractivity contribution >= 4 is 11.7 Å². The van der Waals surface area contributed by atoms with Crippen LogP contribution in [0.15, 0.2) is 11.6 Å². The van der Waals surface area contributed by atoms with E-state index < -0.39 is 0 Å². The molecule has 0 bridgehead atoms. The van der Waals surface area contributed by atoms with Crippen LogP contribution in [0.4, 0.5) is 0 Å². The molecular formula is C20H29NO3. The molecule has 0 saturated heterocycles. The van der Waals surface area contributed by atoms with E-state index in [4.69, 9.17) is 4.74 Å². The number of fused-ring (bicyclic) bond motifs is 5. The Hall–Kier alpha value is -1.16. The van der Waals surface area contributed by atoms with E-state index >= 15 is 0 Å². The van der Waals surface area contributed by atoms with Crippen molar-refractivity contribution in [3.8, 4) is 0 Å². The van der Waals surface area contributed by atoms with Crippen LogP contribution in [0.1, 0.15) is 58.8 Å². The predicted molar refractivity (Wildman–Crippen MR) is 91.3 cm³/mol. The fraction of sp³-hybridized carbons (Fsp3) is 0.800. The predicted octanol–water partition coefficient (Wildman–Crippen LogP) is 3.01. The average molecular weight is 331 g/mol. The van der Waals surface area contributed by atoms with E-state index in [1.54, 1.807) is 7.11 Å². The van der Waals surface area contributed by atoms with Crippen LogP contribution < -0.4 is 5.32 Å². The van der Waals surface area contributed by atoms with Crippen LogP contribution in [-0.2, 0) is 14.3 Å². The molecule has 3 aliphatic carbocycles. The summed E-state index contributed by atoms with van der Waals surface area (Å²) in [7, 11) is 1.77. The number of hydrogen-bond donors (Lipinski definition) is 1. The maximum Gasteiger partial charge on any atom is 0.244 e. The minimum Gasteiger partial charge on any atom is -0.381 e. The van der Waals surface area contributed by atoms with E-state index in [1.807, 2.05) is 6.08 Å². The van der Waals surface area contributed by atoms with E-state index in [0.717, 1.165) is 38.5 Å². The Morgan fingerprint density at radius 2 is 1.79 bits per heavy atom. The first-order chi connectivity index (χ1) is 11.4. The Balaban J connectivity index is 1.71. The zero-order chi connectivity index (χ0) is 17.1. The first kappa shape index (κ1) is 16.3. The van der Waals surface area contributed by atoms with Gasteiger partial charge in [0.05, 0.1) is 6.10 Å². The van der Waals surface area contributed by atoms with Crippen LogP contribution in [0.25, 0.3) is 0 Å². The van der Waals surface area contributed by atoms with E-state index in [0.29, 0.717) is 24.0 Å². The van der Waals surface area contributed by atoms with Crippen molar-refractivity contribution in [3.63, 3.8) is 0 Å². The van der Waals surface area contributed by atoms with Crippen molar-refractivity contribution in [1.82, 2.24) is 5.32 Å². The number of amides is 1. The Labute approximate surface area is 144 Å². The molecule has 4 heteroatoms. The van der Waals surface area contributed by atoms with Crippen molar-refractivity contribution in [2.75, 3.05) is 7.11 Å². The molecule has 4 rings (SSSR count). The summed E-state index contributed by atoms with van der Waals surface area (Å²) >= 11 is 0. The molecule has 4 aliphatic rings. The van der Waals surface area contributed by atoms with Gasteiger partial charge in [0, 0.05) is 31.1 Å². The lowest BCUT2D eigenvalue weighted by Gasteiger charge is -2.53. The van der Waals surface area contributed by atoms with E-state index in [1.165, 1.54) is 5.57 Å². The van der Waals surface area contributed by atoms with Crippen LogP contribution >= 0.6 is 0 Å². The number of rotatable bonds is 1. The maximum atomic E-state index is 12.6. The second-order valence-corrected chi connectivity index (χ2v) is 8.85. The molecule has 0 spiro atoms. The lowest BCUT2D eigenvalue weighted by atomic mass is 9.53. The minimum absolute atomic E-state index is 0.0316. The SMILES string of the molecule is COC1CCC2(C)C(=CC(=O)NC3[C@@H]4CCC(=O)C4(C)CC[C@@H]32)C1. The van der Waals surface area contributed by atoms with Crippen LogP contribution in [-0.4, -0.2) is 30.9 Å². The van der Waals surface area contributed by atoms with Gasteiger partial charge in [0.2, 0.25) is 5.91 Å². The fourth-order valence-corrected chi connectivity index (χ4v) is 6.24. The number of carbonyl (C=O) groups excluding carboxylic acids is 2. The standard InChI is InChI=1S/C20H29NO3/c1-19-8-6-13(24-3)10-12(19)11-17(23)21-18-14-4-5-16(22)20(14,2)9-7-15(18)19/h11,13-15,18H,4-10H2,1-3H3,(H,21,23)/t13?,14-,15-,18?,19?,20?/m0/s1. The number of nitrogens with one attached hydrogen (secondary N) is 1. The summed E-state index contributed by atoms with van der Waals surface area (Å²) in [6.45, 7) is 4.49. The Kier molecular flexibility index (Phi) is 3.68. The van der Waals surface area contributed by atoms with Gasteiger partial charge in [-0.25, -0.2) is 0 Å². The summed E-state index contributed by atoms with van der Waals surface area (Å²) in [5.74, 6) is 1.18. The molecule has 0 aromatic heterocycles. The highest BCUT2D eigenvalue weighted by Crippen LogP contribution is 2.59. The second-order valence-electron chi connectivity index (χ2n) is 8.85. The summed E-state index contributed by atoms with van der Waals surface area (Å²) in [5, 5.41) is 3.30. The summed E-state index contributed by atoms with van der Waals surface area (Å²) in [4.78, 5) is 25.1. The Morgan fingerprint density at radius 3 is 2.54 bits per heavy atom. The van der Waals surface area contributed by atoms with Gasteiger partial charge < -0.3 is 10.1 Å². The average Bonchev–Trinajstić information content (AvgIpc) is 2.79. The molecule has 0 aromatic carbocycles. The molecule has 0 radical (unpaired) electrons. The van der Waals surface area contributed by atoms with Crippen LogP contribution in [0.3, 0.4) is 0 Å². The molecular weight excluding hydrogens is 302 g/mol. The van der Waals surface area contributed by atoms with Gasteiger partial charge in [0.15, 0.2) is 0 Å². The van der Waals surface area contributed by atoms with Crippen molar-refractivity contribution < 1.29 is 14.3 Å². The van der Waals surface area contributed by atoms with E-state index in [-0.39, 0.29) is 28.9 Å². The number of Topliss-reactive ketones (excluding diaryl/α,β-unsaturated/α-hetero) is 1. The van der Waals surface area contributed by atoms with Crippen molar-refractivity contribution in [2.24, 2.45) is 22.7 Å². The molecule has 4 nitrogen and oxygen atoms in total. The number of methoxy groups -OCH3 is 1. The second kappa shape index (κ2) is 5.42. The van der Waals surface area contributed by atoms with E-state index in [2.05, 4.69) is 19.2 Å².